The molecule has 0 aromatic heterocycles. The first-order chi connectivity index (χ1) is 9.90. The predicted octanol–water partition coefficient (Wildman–Crippen LogP) is 5.09. The maximum atomic E-state index is 3.44. The van der Waals surface area contributed by atoms with Gasteiger partial charge in [-0.1, -0.05) is 57.2 Å². The highest BCUT2D eigenvalue weighted by Gasteiger charge is 2.14. The standard InChI is InChI=1S/C19H24IN/c1-19(2,3)16-10-8-14(9-11-16)12-18(21-4)15-6-5-7-17(20)13-15/h5-11,13,18,21H,12H2,1-4H3. The van der Waals surface area contributed by atoms with Crippen LogP contribution in [0.3, 0.4) is 0 Å². The molecular weight excluding hydrogens is 369 g/mol. The molecule has 1 unspecified atom stereocenters. The number of halogens is 1. The smallest absolute Gasteiger partial charge is 0.0358 e. The lowest BCUT2D eigenvalue weighted by atomic mass is 9.86. The Morgan fingerprint density at radius 3 is 2.24 bits per heavy atom. The van der Waals surface area contributed by atoms with Gasteiger partial charge in [-0.15, -0.1) is 0 Å². The molecule has 1 N–H and O–H groups in total. The quantitative estimate of drug-likeness (QED) is 0.714. The highest BCUT2D eigenvalue weighted by Crippen LogP contribution is 2.24. The first-order valence-corrected chi connectivity index (χ1v) is 8.50. The molecule has 0 heterocycles. The molecule has 0 amide bonds. The van der Waals surface area contributed by atoms with Crippen LogP contribution < -0.4 is 5.32 Å². The molecule has 0 radical (unpaired) electrons. The molecule has 0 bridgehead atoms. The number of likely N-dealkylation sites (N-methyl/N-ethyl adjacent to an activating group) is 1. The minimum Gasteiger partial charge on any atom is -0.313 e. The van der Waals surface area contributed by atoms with Gasteiger partial charge in [-0.05, 0) is 70.3 Å². The first kappa shape index (κ1) is 16.5. The van der Waals surface area contributed by atoms with E-state index in [0.29, 0.717) is 6.04 Å². The van der Waals surface area contributed by atoms with Gasteiger partial charge in [-0.2, -0.15) is 0 Å². The van der Waals surface area contributed by atoms with E-state index in [1.165, 1.54) is 20.3 Å². The molecule has 112 valence electrons. The van der Waals surface area contributed by atoms with Gasteiger partial charge in [0.1, 0.15) is 0 Å². The summed E-state index contributed by atoms with van der Waals surface area (Å²) < 4.78 is 1.29. The lowest BCUT2D eigenvalue weighted by molar-refractivity contribution is 0.583. The number of benzene rings is 2. The summed E-state index contributed by atoms with van der Waals surface area (Å²) in [4.78, 5) is 0. The van der Waals surface area contributed by atoms with Crippen LogP contribution in [0, 0.1) is 3.57 Å². The van der Waals surface area contributed by atoms with Crippen molar-refractivity contribution in [2.45, 2.75) is 38.6 Å². The Bertz CT molecular complexity index is 581. The molecule has 0 saturated heterocycles. The second kappa shape index (κ2) is 6.93. The Morgan fingerprint density at radius 2 is 1.71 bits per heavy atom. The van der Waals surface area contributed by atoms with Crippen LogP contribution in [0.4, 0.5) is 0 Å². The van der Waals surface area contributed by atoms with E-state index >= 15 is 0 Å². The van der Waals surface area contributed by atoms with Gasteiger partial charge >= 0.3 is 0 Å². The van der Waals surface area contributed by atoms with Crippen LogP contribution in [0.15, 0.2) is 48.5 Å². The van der Waals surface area contributed by atoms with E-state index in [0.717, 1.165) is 6.42 Å². The number of hydrogen-bond donors (Lipinski definition) is 1. The minimum absolute atomic E-state index is 0.219. The molecule has 0 saturated carbocycles. The number of nitrogens with one attached hydrogen (secondary N) is 1. The Kier molecular flexibility index (Phi) is 5.44. The van der Waals surface area contributed by atoms with Crippen LogP contribution in [0.1, 0.15) is 43.5 Å². The van der Waals surface area contributed by atoms with Gasteiger partial charge in [0.05, 0.1) is 0 Å². The van der Waals surface area contributed by atoms with Crippen LogP contribution in [0.25, 0.3) is 0 Å². The molecule has 21 heavy (non-hydrogen) atoms. The van der Waals surface area contributed by atoms with Crippen molar-refractivity contribution in [3.63, 3.8) is 0 Å². The Balaban J connectivity index is 2.15. The van der Waals surface area contributed by atoms with Gasteiger partial charge in [0.2, 0.25) is 0 Å². The third-order valence-corrected chi connectivity index (χ3v) is 4.53. The van der Waals surface area contributed by atoms with E-state index < -0.39 is 0 Å². The van der Waals surface area contributed by atoms with Crippen molar-refractivity contribution in [1.82, 2.24) is 5.32 Å². The van der Waals surface area contributed by atoms with Crippen molar-refractivity contribution in [2.75, 3.05) is 7.05 Å². The Labute approximate surface area is 142 Å². The second-order valence-electron chi connectivity index (χ2n) is 6.55. The van der Waals surface area contributed by atoms with Gasteiger partial charge in [0.15, 0.2) is 0 Å². The molecule has 1 nitrogen and oxygen atoms in total. The summed E-state index contributed by atoms with van der Waals surface area (Å²) >= 11 is 2.37. The van der Waals surface area contributed by atoms with Crippen molar-refractivity contribution in [3.05, 3.63) is 68.8 Å². The lowest BCUT2D eigenvalue weighted by Gasteiger charge is -2.21. The van der Waals surface area contributed by atoms with Crippen molar-refractivity contribution in [3.8, 4) is 0 Å². The van der Waals surface area contributed by atoms with E-state index in [-0.39, 0.29) is 5.41 Å². The fraction of sp³-hybridized carbons (Fsp3) is 0.368. The van der Waals surface area contributed by atoms with Crippen LogP contribution >= 0.6 is 22.6 Å². The summed E-state index contributed by atoms with van der Waals surface area (Å²) in [6, 6.07) is 18.1. The summed E-state index contributed by atoms with van der Waals surface area (Å²) in [6.07, 6.45) is 1.01. The molecule has 2 rings (SSSR count). The summed E-state index contributed by atoms with van der Waals surface area (Å²) in [6.45, 7) is 6.76. The van der Waals surface area contributed by atoms with Crippen molar-refractivity contribution in [1.29, 1.82) is 0 Å². The third kappa shape index (κ3) is 4.55. The molecular formula is C19H24IN. The normalized spacial score (nSPS) is 13.2. The summed E-state index contributed by atoms with van der Waals surface area (Å²) in [5.74, 6) is 0. The van der Waals surface area contributed by atoms with Crippen LogP contribution in [0.2, 0.25) is 0 Å². The predicted molar refractivity (Wildman–Crippen MR) is 99.8 cm³/mol. The maximum Gasteiger partial charge on any atom is 0.0358 e. The van der Waals surface area contributed by atoms with Crippen molar-refractivity contribution < 1.29 is 0 Å². The van der Waals surface area contributed by atoms with Gasteiger partial charge in [-0.3, -0.25) is 0 Å². The summed E-state index contributed by atoms with van der Waals surface area (Å²) in [5, 5.41) is 3.44. The van der Waals surface area contributed by atoms with Crippen LogP contribution in [0.5, 0.6) is 0 Å². The summed E-state index contributed by atoms with van der Waals surface area (Å²) in [7, 11) is 2.04. The highest BCUT2D eigenvalue weighted by atomic mass is 127. The van der Waals surface area contributed by atoms with Gasteiger partial charge in [0, 0.05) is 9.61 Å². The fourth-order valence-electron chi connectivity index (χ4n) is 2.49. The zero-order valence-corrected chi connectivity index (χ0v) is 15.4. The van der Waals surface area contributed by atoms with E-state index in [2.05, 4.69) is 97.2 Å². The molecule has 0 fully saturated rings. The number of rotatable bonds is 4. The maximum absolute atomic E-state index is 3.44. The van der Waals surface area contributed by atoms with E-state index in [9.17, 15) is 0 Å². The average Bonchev–Trinajstić information content (AvgIpc) is 2.44. The fourth-order valence-corrected chi connectivity index (χ4v) is 3.05. The van der Waals surface area contributed by atoms with Gasteiger partial charge < -0.3 is 5.32 Å². The molecule has 2 aromatic rings. The van der Waals surface area contributed by atoms with Crippen molar-refractivity contribution in [2.24, 2.45) is 0 Å². The molecule has 0 spiro atoms. The lowest BCUT2D eigenvalue weighted by Crippen LogP contribution is -2.19. The molecule has 2 heteroatoms. The molecule has 0 aliphatic rings. The average molecular weight is 393 g/mol. The molecule has 0 aliphatic heterocycles. The van der Waals surface area contributed by atoms with E-state index in [1.807, 2.05) is 7.05 Å². The largest absolute Gasteiger partial charge is 0.313 e. The van der Waals surface area contributed by atoms with E-state index in [4.69, 9.17) is 0 Å². The van der Waals surface area contributed by atoms with Gasteiger partial charge in [0.25, 0.3) is 0 Å². The minimum atomic E-state index is 0.219. The Morgan fingerprint density at radius 1 is 1.05 bits per heavy atom. The summed E-state index contributed by atoms with van der Waals surface area (Å²) in [5.41, 5.74) is 4.34. The van der Waals surface area contributed by atoms with Crippen LogP contribution in [-0.2, 0) is 11.8 Å². The van der Waals surface area contributed by atoms with Crippen molar-refractivity contribution >= 4 is 22.6 Å². The molecule has 2 aromatic carbocycles. The molecule has 1 atom stereocenters. The zero-order valence-electron chi connectivity index (χ0n) is 13.3. The second-order valence-corrected chi connectivity index (χ2v) is 7.79. The number of hydrogen-bond acceptors (Lipinski definition) is 1. The van der Waals surface area contributed by atoms with E-state index in [1.54, 1.807) is 0 Å². The zero-order chi connectivity index (χ0) is 15.5. The third-order valence-electron chi connectivity index (χ3n) is 3.86. The highest BCUT2D eigenvalue weighted by molar-refractivity contribution is 14.1. The topological polar surface area (TPSA) is 12.0 Å². The van der Waals surface area contributed by atoms with Gasteiger partial charge in [-0.25, -0.2) is 0 Å². The van der Waals surface area contributed by atoms with Crippen LogP contribution in [-0.4, -0.2) is 7.05 Å². The monoisotopic (exact) mass is 393 g/mol. The SMILES string of the molecule is CNC(Cc1ccc(C(C)(C)C)cc1)c1cccc(I)c1. The molecule has 0 aliphatic carbocycles. The first-order valence-electron chi connectivity index (χ1n) is 7.42. The Hall–Kier alpha value is -0.870.